The fraction of sp³-hybridized carbons (Fsp3) is 0.409. The van der Waals surface area contributed by atoms with Crippen LogP contribution in [0.2, 0.25) is 0 Å². The molecule has 0 radical (unpaired) electrons. The van der Waals surface area contributed by atoms with Gasteiger partial charge in [-0.2, -0.15) is 4.31 Å². The fourth-order valence-electron chi connectivity index (χ4n) is 3.78. The quantitative estimate of drug-likeness (QED) is 0.730. The SMILES string of the molecule is COc1ccc(S(=O)(=O)N2CCC(C(=O)NCC3COc4ccccc4O3)CC2)cc1. The molecule has 0 spiro atoms. The molecule has 9 heteroatoms. The van der Waals surface area contributed by atoms with E-state index in [1.807, 2.05) is 24.3 Å². The third-order valence-corrected chi connectivity index (χ3v) is 7.51. The number of carbonyl (C=O) groups excluding carboxylic acids is 1. The highest BCUT2D eigenvalue weighted by atomic mass is 32.2. The molecule has 4 rings (SSSR count). The number of ether oxygens (including phenoxy) is 3. The number of methoxy groups -OCH3 is 1. The van der Waals surface area contributed by atoms with Gasteiger partial charge in [0.15, 0.2) is 11.5 Å². The van der Waals surface area contributed by atoms with Crippen molar-refractivity contribution in [2.24, 2.45) is 5.92 Å². The monoisotopic (exact) mass is 446 g/mol. The van der Waals surface area contributed by atoms with Crippen LogP contribution in [0.1, 0.15) is 12.8 Å². The zero-order chi connectivity index (χ0) is 21.8. The smallest absolute Gasteiger partial charge is 0.243 e. The first-order chi connectivity index (χ1) is 15.0. The van der Waals surface area contributed by atoms with E-state index >= 15 is 0 Å². The average Bonchev–Trinajstić information content (AvgIpc) is 2.82. The Labute approximate surface area is 182 Å². The van der Waals surface area contributed by atoms with Crippen molar-refractivity contribution >= 4 is 15.9 Å². The highest BCUT2D eigenvalue weighted by Gasteiger charge is 2.32. The maximum absolute atomic E-state index is 12.9. The lowest BCUT2D eigenvalue weighted by Crippen LogP contribution is -2.46. The second kappa shape index (κ2) is 9.15. The third-order valence-electron chi connectivity index (χ3n) is 5.59. The molecule has 0 saturated carbocycles. The van der Waals surface area contributed by atoms with Gasteiger partial charge in [-0.3, -0.25) is 4.79 Å². The number of nitrogens with one attached hydrogen (secondary N) is 1. The van der Waals surface area contributed by atoms with Gasteiger partial charge in [0.25, 0.3) is 0 Å². The van der Waals surface area contributed by atoms with Crippen molar-refractivity contribution in [2.45, 2.75) is 23.8 Å². The molecule has 31 heavy (non-hydrogen) atoms. The van der Waals surface area contributed by atoms with Gasteiger partial charge in [0.05, 0.1) is 18.6 Å². The summed E-state index contributed by atoms with van der Waals surface area (Å²) in [5.41, 5.74) is 0. The molecule has 1 fully saturated rings. The van der Waals surface area contributed by atoms with Gasteiger partial charge in [-0.1, -0.05) is 12.1 Å². The molecule has 8 nitrogen and oxygen atoms in total. The lowest BCUT2D eigenvalue weighted by molar-refractivity contribution is -0.126. The number of rotatable bonds is 6. The van der Waals surface area contributed by atoms with Crippen LogP contribution in [-0.4, -0.2) is 58.1 Å². The lowest BCUT2D eigenvalue weighted by Gasteiger charge is -2.31. The highest BCUT2D eigenvalue weighted by molar-refractivity contribution is 7.89. The van der Waals surface area contributed by atoms with Gasteiger partial charge >= 0.3 is 0 Å². The Balaban J connectivity index is 1.27. The minimum absolute atomic E-state index is 0.0797. The second-order valence-corrected chi connectivity index (χ2v) is 9.53. The molecule has 1 unspecified atom stereocenters. The van der Waals surface area contributed by atoms with E-state index in [9.17, 15) is 13.2 Å². The van der Waals surface area contributed by atoms with Crippen LogP contribution in [0, 0.1) is 5.92 Å². The Hall–Kier alpha value is -2.78. The Morgan fingerprint density at radius 1 is 1.10 bits per heavy atom. The molecule has 1 amide bonds. The molecular formula is C22H26N2O6S. The molecule has 2 aliphatic heterocycles. The van der Waals surface area contributed by atoms with E-state index in [1.54, 1.807) is 12.1 Å². The number of para-hydroxylation sites is 2. The van der Waals surface area contributed by atoms with E-state index in [0.29, 0.717) is 56.3 Å². The van der Waals surface area contributed by atoms with Gasteiger partial charge in [0, 0.05) is 19.0 Å². The standard InChI is InChI=1S/C22H26N2O6S/c1-28-17-6-8-19(9-7-17)31(26,27)24-12-10-16(11-13-24)22(25)23-14-18-15-29-20-4-2-3-5-21(20)30-18/h2-9,16,18H,10-15H2,1H3,(H,23,25). The lowest BCUT2D eigenvalue weighted by atomic mass is 9.97. The van der Waals surface area contributed by atoms with Crippen LogP contribution in [0.15, 0.2) is 53.4 Å². The van der Waals surface area contributed by atoms with Gasteiger partial charge in [0.2, 0.25) is 15.9 Å². The van der Waals surface area contributed by atoms with Crippen molar-refractivity contribution in [2.75, 3.05) is 33.4 Å². The minimum Gasteiger partial charge on any atom is -0.497 e. The molecule has 2 aliphatic rings. The Morgan fingerprint density at radius 3 is 2.45 bits per heavy atom. The third kappa shape index (κ3) is 4.77. The van der Waals surface area contributed by atoms with E-state index in [0.717, 1.165) is 0 Å². The van der Waals surface area contributed by atoms with E-state index < -0.39 is 10.0 Å². The number of fused-ring (bicyclic) bond motifs is 1. The first kappa shape index (κ1) is 21.5. The summed E-state index contributed by atoms with van der Waals surface area (Å²) in [6.45, 7) is 1.33. The van der Waals surface area contributed by atoms with Crippen molar-refractivity contribution < 1.29 is 27.4 Å². The Kier molecular flexibility index (Phi) is 6.33. The van der Waals surface area contributed by atoms with Crippen LogP contribution >= 0.6 is 0 Å². The summed E-state index contributed by atoms with van der Waals surface area (Å²) in [5, 5.41) is 2.93. The van der Waals surface area contributed by atoms with E-state index in [-0.39, 0.29) is 22.8 Å². The largest absolute Gasteiger partial charge is 0.497 e. The summed E-state index contributed by atoms with van der Waals surface area (Å²) in [6.07, 6.45) is 0.701. The molecule has 0 aromatic heterocycles. The summed E-state index contributed by atoms with van der Waals surface area (Å²) in [4.78, 5) is 12.8. The zero-order valence-electron chi connectivity index (χ0n) is 17.3. The number of benzene rings is 2. The second-order valence-electron chi connectivity index (χ2n) is 7.60. The van der Waals surface area contributed by atoms with E-state index in [4.69, 9.17) is 14.2 Å². The van der Waals surface area contributed by atoms with Gasteiger partial charge < -0.3 is 19.5 Å². The van der Waals surface area contributed by atoms with Crippen LogP contribution in [0.25, 0.3) is 0 Å². The van der Waals surface area contributed by atoms with Gasteiger partial charge in [-0.15, -0.1) is 0 Å². The van der Waals surface area contributed by atoms with Crippen molar-refractivity contribution in [3.05, 3.63) is 48.5 Å². The maximum atomic E-state index is 12.9. The topological polar surface area (TPSA) is 94.2 Å². The average molecular weight is 447 g/mol. The summed E-state index contributed by atoms with van der Waals surface area (Å²) < 4.78 is 43.7. The molecule has 2 heterocycles. The fourth-order valence-corrected chi connectivity index (χ4v) is 5.25. The Morgan fingerprint density at radius 2 is 1.77 bits per heavy atom. The number of hydrogen-bond donors (Lipinski definition) is 1. The minimum atomic E-state index is -3.58. The maximum Gasteiger partial charge on any atom is 0.243 e. The normalized spacial score (nSPS) is 19.6. The molecular weight excluding hydrogens is 420 g/mol. The van der Waals surface area contributed by atoms with Gasteiger partial charge in [0.1, 0.15) is 18.5 Å². The van der Waals surface area contributed by atoms with Crippen LogP contribution in [0.3, 0.4) is 0 Å². The first-order valence-electron chi connectivity index (χ1n) is 10.3. The summed E-state index contributed by atoms with van der Waals surface area (Å²) in [5.74, 6) is 1.67. The van der Waals surface area contributed by atoms with E-state index in [2.05, 4.69) is 5.32 Å². The highest BCUT2D eigenvalue weighted by Crippen LogP contribution is 2.31. The van der Waals surface area contributed by atoms with Gasteiger partial charge in [-0.25, -0.2) is 8.42 Å². The van der Waals surface area contributed by atoms with Crippen molar-refractivity contribution in [3.63, 3.8) is 0 Å². The number of piperidine rings is 1. The molecule has 1 saturated heterocycles. The number of carbonyl (C=O) groups is 1. The molecule has 166 valence electrons. The molecule has 1 N–H and O–H groups in total. The first-order valence-corrected chi connectivity index (χ1v) is 11.7. The number of nitrogens with zero attached hydrogens (tertiary/aromatic N) is 1. The molecule has 1 atom stereocenters. The summed E-state index contributed by atoms with van der Waals surface area (Å²) >= 11 is 0. The van der Waals surface area contributed by atoms with E-state index in [1.165, 1.54) is 23.5 Å². The van der Waals surface area contributed by atoms with Crippen molar-refractivity contribution in [3.8, 4) is 17.2 Å². The molecule has 2 aromatic rings. The van der Waals surface area contributed by atoms with Crippen LogP contribution in [0.4, 0.5) is 0 Å². The van der Waals surface area contributed by atoms with Crippen LogP contribution in [-0.2, 0) is 14.8 Å². The number of amides is 1. The summed E-state index contributed by atoms with van der Waals surface area (Å²) in [7, 11) is -2.05. The predicted octanol–water partition coefficient (Wildman–Crippen LogP) is 2.05. The molecule has 0 bridgehead atoms. The predicted molar refractivity (Wildman–Crippen MR) is 114 cm³/mol. The Bertz CT molecular complexity index is 1020. The number of hydrogen-bond acceptors (Lipinski definition) is 6. The van der Waals surface area contributed by atoms with Crippen LogP contribution in [0.5, 0.6) is 17.2 Å². The zero-order valence-corrected chi connectivity index (χ0v) is 18.1. The van der Waals surface area contributed by atoms with Crippen molar-refractivity contribution in [1.29, 1.82) is 0 Å². The molecule has 0 aliphatic carbocycles. The van der Waals surface area contributed by atoms with Gasteiger partial charge in [-0.05, 0) is 49.2 Å². The van der Waals surface area contributed by atoms with Crippen molar-refractivity contribution in [1.82, 2.24) is 9.62 Å². The molecule has 2 aromatic carbocycles. The summed E-state index contributed by atoms with van der Waals surface area (Å²) in [6, 6.07) is 13.8. The van der Waals surface area contributed by atoms with Crippen LogP contribution < -0.4 is 19.5 Å². The number of sulfonamides is 1.